The third-order valence-corrected chi connectivity index (χ3v) is 7.52. The molecule has 0 aliphatic carbocycles. The third-order valence-electron chi connectivity index (χ3n) is 7.11. The molecule has 198 valence electrons. The summed E-state index contributed by atoms with van der Waals surface area (Å²) in [5, 5.41) is 18.8. The van der Waals surface area contributed by atoms with E-state index in [1.807, 2.05) is 0 Å². The standard InChI is InChI=1S/C26H35F3N4O2S/c1-25(2)23(35)33(20-11-10-19(17-30)22(16-20)26(27,28)29)24(36)32(25)14-9-7-5-3-4-6-8-13-31-15-12-21(34)18-31/h10-11,16,21,34H,3-9,12-15,18H2,1-2H3/t21-/m0/s1. The zero-order valence-corrected chi connectivity index (χ0v) is 21.8. The molecule has 2 heterocycles. The molecule has 2 fully saturated rings. The van der Waals surface area contributed by atoms with Crippen molar-refractivity contribution in [1.29, 1.82) is 5.26 Å². The molecule has 2 aliphatic rings. The van der Waals surface area contributed by atoms with Crippen LogP contribution in [0.2, 0.25) is 0 Å². The number of benzene rings is 1. The van der Waals surface area contributed by atoms with Gasteiger partial charge in [-0.25, -0.2) is 0 Å². The smallest absolute Gasteiger partial charge is 0.392 e. The lowest BCUT2D eigenvalue weighted by molar-refractivity contribution is -0.137. The van der Waals surface area contributed by atoms with Gasteiger partial charge in [0, 0.05) is 19.6 Å². The molecule has 0 bridgehead atoms. The minimum Gasteiger partial charge on any atom is -0.392 e. The van der Waals surface area contributed by atoms with Crippen LogP contribution in [0.25, 0.3) is 0 Å². The number of hydrogen-bond acceptors (Lipinski definition) is 5. The lowest BCUT2D eigenvalue weighted by Gasteiger charge is -2.29. The summed E-state index contributed by atoms with van der Waals surface area (Å²) in [6.07, 6.45) is 3.50. The molecule has 0 spiro atoms. The molecule has 0 aromatic heterocycles. The van der Waals surface area contributed by atoms with Crippen molar-refractivity contribution in [1.82, 2.24) is 9.80 Å². The molecular formula is C26H35F3N4O2S. The van der Waals surface area contributed by atoms with Gasteiger partial charge in [-0.05, 0) is 70.1 Å². The van der Waals surface area contributed by atoms with E-state index >= 15 is 0 Å². The van der Waals surface area contributed by atoms with Gasteiger partial charge in [-0.2, -0.15) is 18.4 Å². The van der Waals surface area contributed by atoms with Crippen LogP contribution in [0.15, 0.2) is 18.2 Å². The zero-order chi connectivity index (χ0) is 26.5. The Morgan fingerprint density at radius 3 is 2.28 bits per heavy atom. The molecule has 0 saturated carbocycles. The van der Waals surface area contributed by atoms with Crippen LogP contribution in [0.3, 0.4) is 0 Å². The number of amides is 1. The summed E-state index contributed by atoms with van der Waals surface area (Å²) in [6.45, 7) is 6.85. The Kier molecular flexibility index (Phi) is 9.36. The fraction of sp³-hybridized carbons (Fsp3) is 0.654. The molecule has 2 aliphatic heterocycles. The molecule has 1 N–H and O–H groups in total. The molecule has 6 nitrogen and oxygen atoms in total. The highest BCUT2D eigenvalue weighted by atomic mass is 32.1. The number of β-amino-alcohol motifs (C(OH)–C–C–N with tert-alkyl or cyclic N) is 1. The van der Waals surface area contributed by atoms with Crippen LogP contribution in [0.5, 0.6) is 0 Å². The van der Waals surface area contributed by atoms with Gasteiger partial charge in [0.05, 0.1) is 29.0 Å². The molecule has 3 rings (SSSR count). The largest absolute Gasteiger partial charge is 0.417 e. The SMILES string of the molecule is CC1(C)C(=O)N(c2ccc(C#N)c(C(F)(F)F)c2)C(=S)N1CCCCCCCCCN1CC[C@H](O)C1. The quantitative estimate of drug-likeness (QED) is 0.321. The Morgan fingerprint density at radius 1 is 1.11 bits per heavy atom. The van der Waals surface area contributed by atoms with Crippen molar-refractivity contribution < 1.29 is 23.1 Å². The minimum absolute atomic E-state index is 0.0235. The number of alkyl halides is 3. The van der Waals surface area contributed by atoms with E-state index in [1.165, 1.54) is 12.5 Å². The lowest BCUT2D eigenvalue weighted by atomic mass is 10.0. The van der Waals surface area contributed by atoms with E-state index < -0.39 is 22.8 Å². The van der Waals surface area contributed by atoms with Crippen molar-refractivity contribution in [3.05, 3.63) is 29.3 Å². The number of carbonyl (C=O) groups excluding carboxylic acids is 1. The molecule has 1 aromatic rings. The minimum atomic E-state index is -4.71. The maximum Gasteiger partial charge on any atom is 0.417 e. The maximum atomic E-state index is 13.4. The number of rotatable bonds is 11. The fourth-order valence-corrected chi connectivity index (χ4v) is 5.45. The summed E-state index contributed by atoms with van der Waals surface area (Å²) in [6, 6.07) is 4.81. The Balaban J connectivity index is 1.48. The van der Waals surface area contributed by atoms with Gasteiger partial charge in [0.1, 0.15) is 5.54 Å². The Morgan fingerprint density at radius 2 is 1.72 bits per heavy atom. The number of aliphatic hydroxyl groups excluding tert-OH is 1. The average Bonchev–Trinajstić information content (AvgIpc) is 3.30. The maximum absolute atomic E-state index is 13.4. The monoisotopic (exact) mass is 524 g/mol. The van der Waals surface area contributed by atoms with Crippen LogP contribution in [0.1, 0.15) is 76.3 Å². The van der Waals surface area contributed by atoms with Crippen LogP contribution < -0.4 is 4.90 Å². The molecule has 0 radical (unpaired) electrons. The van der Waals surface area contributed by atoms with Crippen LogP contribution in [-0.4, -0.2) is 63.7 Å². The first-order valence-corrected chi connectivity index (χ1v) is 13.1. The zero-order valence-electron chi connectivity index (χ0n) is 21.0. The molecule has 2 saturated heterocycles. The van der Waals surface area contributed by atoms with Crippen LogP contribution in [0, 0.1) is 11.3 Å². The number of carbonyl (C=O) groups is 1. The molecule has 10 heteroatoms. The first-order chi connectivity index (χ1) is 17.0. The first-order valence-electron chi connectivity index (χ1n) is 12.6. The van der Waals surface area contributed by atoms with Crippen LogP contribution in [-0.2, 0) is 11.0 Å². The van der Waals surface area contributed by atoms with Gasteiger partial charge in [-0.15, -0.1) is 0 Å². The predicted molar refractivity (Wildman–Crippen MR) is 136 cm³/mol. The number of thiocarbonyl (C=S) groups is 1. The van der Waals surface area contributed by atoms with E-state index in [2.05, 4.69) is 4.90 Å². The summed E-state index contributed by atoms with van der Waals surface area (Å²) in [7, 11) is 0. The predicted octanol–water partition coefficient (Wildman–Crippen LogP) is 5.09. The highest BCUT2D eigenvalue weighted by Crippen LogP contribution is 2.38. The number of nitriles is 1. The normalized spacial score (nSPS) is 20.4. The number of unbranched alkanes of at least 4 members (excludes halogenated alkanes) is 6. The number of nitrogens with zero attached hydrogens (tertiary/aromatic N) is 4. The lowest BCUT2D eigenvalue weighted by Crippen LogP contribution is -2.44. The van der Waals surface area contributed by atoms with E-state index in [0.29, 0.717) is 6.54 Å². The van der Waals surface area contributed by atoms with Crippen LogP contribution in [0.4, 0.5) is 18.9 Å². The summed E-state index contributed by atoms with van der Waals surface area (Å²) in [5.41, 5.74) is -2.51. The number of aliphatic hydroxyl groups is 1. The van der Waals surface area contributed by atoms with Gasteiger partial charge in [-0.1, -0.05) is 32.1 Å². The number of hydrogen-bond donors (Lipinski definition) is 1. The third kappa shape index (κ3) is 6.55. The van der Waals surface area contributed by atoms with Crippen LogP contribution >= 0.6 is 12.2 Å². The van der Waals surface area contributed by atoms with E-state index in [9.17, 15) is 23.1 Å². The van der Waals surface area contributed by atoms with E-state index in [0.717, 1.165) is 81.6 Å². The molecule has 1 aromatic carbocycles. The molecule has 1 amide bonds. The van der Waals surface area contributed by atoms with Gasteiger partial charge < -0.3 is 14.9 Å². The van der Waals surface area contributed by atoms with E-state index in [-0.39, 0.29) is 22.8 Å². The topological polar surface area (TPSA) is 70.8 Å². The van der Waals surface area contributed by atoms with Crippen molar-refractivity contribution >= 4 is 28.9 Å². The molecular weight excluding hydrogens is 489 g/mol. The fourth-order valence-electron chi connectivity index (χ4n) is 4.95. The van der Waals surface area contributed by atoms with Crippen molar-refractivity contribution in [3.8, 4) is 6.07 Å². The highest BCUT2D eigenvalue weighted by Gasteiger charge is 2.49. The first kappa shape index (κ1) is 28.4. The Hall–Kier alpha value is -2.22. The number of halogens is 3. The van der Waals surface area contributed by atoms with Crippen molar-refractivity contribution in [2.45, 2.75) is 83.0 Å². The highest BCUT2D eigenvalue weighted by molar-refractivity contribution is 7.80. The van der Waals surface area contributed by atoms with Crippen molar-refractivity contribution in [2.24, 2.45) is 0 Å². The Bertz CT molecular complexity index is 992. The second-order valence-corrected chi connectivity index (χ2v) is 10.6. The van der Waals surface area contributed by atoms with Gasteiger partial charge >= 0.3 is 6.18 Å². The van der Waals surface area contributed by atoms with Gasteiger partial charge in [0.25, 0.3) is 5.91 Å². The summed E-state index contributed by atoms with van der Waals surface area (Å²) >= 11 is 5.53. The molecule has 36 heavy (non-hydrogen) atoms. The van der Waals surface area contributed by atoms with Gasteiger partial charge in [-0.3, -0.25) is 9.69 Å². The average molecular weight is 525 g/mol. The van der Waals surface area contributed by atoms with Crippen molar-refractivity contribution in [2.75, 3.05) is 31.1 Å². The second kappa shape index (κ2) is 11.9. The van der Waals surface area contributed by atoms with Gasteiger partial charge in [0.2, 0.25) is 0 Å². The van der Waals surface area contributed by atoms with Crippen molar-refractivity contribution in [3.63, 3.8) is 0 Å². The van der Waals surface area contributed by atoms with Gasteiger partial charge in [0.15, 0.2) is 5.11 Å². The number of likely N-dealkylation sites (tertiary alicyclic amines) is 1. The summed E-state index contributed by atoms with van der Waals surface area (Å²) < 4.78 is 40.3. The summed E-state index contributed by atoms with van der Waals surface area (Å²) in [5.74, 6) is -0.379. The van der Waals surface area contributed by atoms with E-state index in [1.54, 1.807) is 24.8 Å². The molecule has 1 atom stereocenters. The Labute approximate surface area is 216 Å². The second-order valence-electron chi connectivity index (χ2n) is 10.2. The van der Waals surface area contributed by atoms with E-state index in [4.69, 9.17) is 17.5 Å². The number of anilines is 1. The molecule has 0 unspecified atom stereocenters. The summed E-state index contributed by atoms with van der Waals surface area (Å²) in [4.78, 5) is 18.4.